The normalized spacial score (nSPS) is 29.0. The van der Waals surface area contributed by atoms with Gasteiger partial charge in [0.05, 0.1) is 6.61 Å². The Morgan fingerprint density at radius 3 is 3.00 bits per heavy atom. The lowest BCUT2D eigenvalue weighted by Gasteiger charge is -2.00. The Hall–Kier alpha value is 0.0500. The summed E-state index contributed by atoms with van der Waals surface area (Å²) in [5, 5.41) is 0. The maximum atomic E-state index is 5.15. The predicted molar refractivity (Wildman–Crippen MR) is 32.4 cm³/mol. The fourth-order valence-corrected chi connectivity index (χ4v) is 1.00. The van der Waals surface area contributed by atoms with E-state index in [1.165, 1.54) is 0 Å². The molecule has 1 aliphatic heterocycles. The lowest BCUT2D eigenvalue weighted by molar-refractivity contribution is 0.189. The van der Waals surface area contributed by atoms with Crippen molar-refractivity contribution in [3.8, 4) is 0 Å². The van der Waals surface area contributed by atoms with E-state index < -0.39 is 0 Å². The molecular weight excluding hydrogens is 108 g/mol. The van der Waals surface area contributed by atoms with E-state index in [9.17, 15) is 0 Å². The van der Waals surface area contributed by atoms with Gasteiger partial charge in [-0.05, 0) is 12.3 Å². The molecule has 1 nitrogen and oxygen atoms in total. The van der Waals surface area contributed by atoms with Crippen LogP contribution in [-0.2, 0) is 4.74 Å². The summed E-state index contributed by atoms with van der Waals surface area (Å²) < 4.78 is 5.15. The highest BCUT2D eigenvalue weighted by Gasteiger charge is 2.04. The van der Waals surface area contributed by atoms with E-state index in [0.29, 0.717) is 5.44 Å². The fourth-order valence-electron chi connectivity index (χ4n) is 0.519. The molecule has 0 N–H and O–H groups in total. The molecule has 0 saturated carbocycles. The molecule has 0 fully saturated rings. The van der Waals surface area contributed by atoms with E-state index in [-0.39, 0.29) is 0 Å². The van der Waals surface area contributed by atoms with E-state index in [4.69, 9.17) is 4.74 Å². The zero-order valence-electron chi connectivity index (χ0n) is 4.26. The van der Waals surface area contributed by atoms with Crippen LogP contribution in [0.3, 0.4) is 0 Å². The molecule has 1 unspecified atom stereocenters. The SMILES string of the molecule is CSC1C=CCO1. The molecule has 0 bridgehead atoms. The van der Waals surface area contributed by atoms with E-state index in [1.807, 2.05) is 12.3 Å². The van der Waals surface area contributed by atoms with Gasteiger partial charge < -0.3 is 4.74 Å². The summed E-state index contributed by atoms with van der Waals surface area (Å²) in [6.07, 6.45) is 6.16. The molecule has 0 aromatic carbocycles. The van der Waals surface area contributed by atoms with Crippen LogP contribution in [0.2, 0.25) is 0 Å². The van der Waals surface area contributed by atoms with Crippen molar-refractivity contribution in [3.63, 3.8) is 0 Å². The fraction of sp³-hybridized carbons (Fsp3) is 0.600. The lowest BCUT2D eigenvalue weighted by Crippen LogP contribution is -1.95. The summed E-state index contributed by atoms with van der Waals surface area (Å²) >= 11 is 1.72. The highest BCUT2D eigenvalue weighted by atomic mass is 32.2. The summed E-state index contributed by atoms with van der Waals surface area (Å²) in [6, 6.07) is 0. The van der Waals surface area contributed by atoms with Crippen LogP contribution in [0.1, 0.15) is 0 Å². The quantitative estimate of drug-likeness (QED) is 0.477. The summed E-state index contributed by atoms with van der Waals surface area (Å²) in [4.78, 5) is 0. The first-order valence-corrected chi connectivity index (χ1v) is 3.53. The third kappa shape index (κ3) is 1.21. The predicted octanol–water partition coefficient (Wildman–Crippen LogP) is 1.26. The molecule has 1 aliphatic rings. The second-order valence-electron chi connectivity index (χ2n) is 1.37. The smallest absolute Gasteiger partial charge is 0.121 e. The number of thioether (sulfide) groups is 1. The van der Waals surface area contributed by atoms with Crippen LogP contribution in [0.4, 0.5) is 0 Å². The van der Waals surface area contributed by atoms with Crippen molar-refractivity contribution >= 4 is 11.8 Å². The molecule has 1 rings (SSSR count). The zero-order chi connectivity index (χ0) is 5.11. The topological polar surface area (TPSA) is 9.23 Å². The Morgan fingerprint density at radius 2 is 2.71 bits per heavy atom. The van der Waals surface area contributed by atoms with Gasteiger partial charge in [0.15, 0.2) is 0 Å². The molecular formula is C5H8OS. The van der Waals surface area contributed by atoms with E-state index in [0.717, 1.165) is 6.61 Å². The number of hydrogen-bond donors (Lipinski definition) is 0. The average molecular weight is 116 g/mol. The van der Waals surface area contributed by atoms with E-state index in [1.54, 1.807) is 11.8 Å². The summed E-state index contributed by atoms with van der Waals surface area (Å²) in [5.74, 6) is 0. The van der Waals surface area contributed by atoms with Gasteiger partial charge in [-0.1, -0.05) is 6.08 Å². The first-order valence-electron chi connectivity index (χ1n) is 2.24. The third-order valence-corrected chi connectivity index (χ3v) is 1.64. The molecule has 0 amide bonds. The Labute approximate surface area is 47.7 Å². The van der Waals surface area contributed by atoms with Crippen molar-refractivity contribution in [1.82, 2.24) is 0 Å². The van der Waals surface area contributed by atoms with Crippen LogP contribution < -0.4 is 0 Å². The van der Waals surface area contributed by atoms with Crippen molar-refractivity contribution in [1.29, 1.82) is 0 Å². The summed E-state index contributed by atoms with van der Waals surface area (Å²) in [7, 11) is 0. The standard InChI is InChI=1S/C5H8OS/c1-7-5-3-2-4-6-5/h2-3,5H,4H2,1H3. The molecule has 0 aromatic heterocycles. The molecule has 7 heavy (non-hydrogen) atoms. The van der Waals surface area contributed by atoms with Gasteiger partial charge in [0.2, 0.25) is 0 Å². The Bertz CT molecular complexity index is 80.1. The average Bonchev–Trinajstić information content (AvgIpc) is 2.14. The highest BCUT2D eigenvalue weighted by molar-refractivity contribution is 7.99. The Balaban J connectivity index is 2.28. The van der Waals surface area contributed by atoms with Crippen molar-refractivity contribution in [2.24, 2.45) is 0 Å². The molecule has 0 aliphatic carbocycles. The van der Waals surface area contributed by atoms with Crippen LogP contribution in [0.5, 0.6) is 0 Å². The minimum atomic E-state index is 0.333. The zero-order valence-corrected chi connectivity index (χ0v) is 5.07. The molecule has 40 valence electrons. The summed E-state index contributed by atoms with van der Waals surface area (Å²) in [5.41, 5.74) is 0.333. The van der Waals surface area contributed by atoms with Crippen LogP contribution in [0.15, 0.2) is 12.2 Å². The van der Waals surface area contributed by atoms with Crippen molar-refractivity contribution in [2.45, 2.75) is 5.44 Å². The largest absolute Gasteiger partial charge is 0.359 e. The van der Waals surface area contributed by atoms with Gasteiger partial charge in [-0.25, -0.2) is 0 Å². The molecule has 0 saturated heterocycles. The van der Waals surface area contributed by atoms with E-state index in [2.05, 4.69) is 6.08 Å². The van der Waals surface area contributed by atoms with Gasteiger partial charge in [-0.3, -0.25) is 0 Å². The molecule has 2 heteroatoms. The molecule has 0 aromatic rings. The third-order valence-electron chi connectivity index (χ3n) is 0.882. The molecule has 0 spiro atoms. The van der Waals surface area contributed by atoms with Crippen LogP contribution >= 0.6 is 11.8 Å². The Kier molecular flexibility index (Phi) is 1.77. The number of ether oxygens (including phenoxy) is 1. The van der Waals surface area contributed by atoms with Gasteiger partial charge >= 0.3 is 0 Å². The highest BCUT2D eigenvalue weighted by Crippen LogP contribution is 2.13. The maximum absolute atomic E-state index is 5.15. The number of rotatable bonds is 1. The second kappa shape index (κ2) is 2.38. The summed E-state index contributed by atoms with van der Waals surface area (Å²) in [6.45, 7) is 0.797. The molecule has 0 radical (unpaired) electrons. The molecule has 1 heterocycles. The van der Waals surface area contributed by atoms with Crippen molar-refractivity contribution in [3.05, 3.63) is 12.2 Å². The first kappa shape index (κ1) is 5.19. The van der Waals surface area contributed by atoms with Crippen LogP contribution in [0, 0.1) is 0 Å². The monoisotopic (exact) mass is 116 g/mol. The minimum absolute atomic E-state index is 0.333. The van der Waals surface area contributed by atoms with Gasteiger partial charge in [0.1, 0.15) is 5.44 Å². The number of hydrogen-bond acceptors (Lipinski definition) is 2. The lowest BCUT2D eigenvalue weighted by atomic mass is 10.6. The molecule has 1 atom stereocenters. The van der Waals surface area contributed by atoms with Gasteiger partial charge in [-0.2, -0.15) is 0 Å². The first-order chi connectivity index (χ1) is 3.43. The maximum Gasteiger partial charge on any atom is 0.121 e. The Morgan fingerprint density at radius 1 is 1.86 bits per heavy atom. The van der Waals surface area contributed by atoms with E-state index >= 15 is 0 Å². The second-order valence-corrected chi connectivity index (χ2v) is 2.30. The van der Waals surface area contributed by atoms with Crippen LogP contribution in [0.25, 0.3) is 0 Å². The minimum Gasteiger partial charge on any atom is -0.359 e. The van der Waals surface area contributed by atoms with Crippen LogP contribution in [-0.4, -0.2) is 18.3 Å². The van der Waals surface area contributed by atoms with Gasteiger partial charge in [-0.15, -0.1) is 11.8 Å². The van der Waals surface area contributed by atoms with Gasteiger partial charge in [0.25, 0.3) is 0 Å². The van der Waals surface area contributed by atoms with Gasteiger partial charge in [0, 0.05) is 0 Å². The van der Waals surface area contributed by atoms with Crippen molar-refractivity contribution in [2.75, 3.05) is 12.9 Å². The van der Waals surface area contributed by atoms with Crippen molar-refractivity contribution < 1.29 is 4.74 Å².